The molecule has 0 saturated carbocycles. The van der Waals surface area contributed by atoms with Gasteiger partial charge < -0.3 is 16.4 Å². The van der Waals surface area contributed by atoms with Crippen LogP contribution >= 0.6 is 11.6 Å². The molecule has 0 aliphatic heterocycles. The number of aryl methyl sites for hydroxylation is 1. The largest absolute Gasteiger partial charge is 0.435 e. The van der Waals surface area contributed by atoms with Crippen LogP contribution < -0.4 is 16.4 Å². The van der Waals surface area contributed by atoms with Gasteiger partial charge in [0.05, 0.1) is 33.3 Å². The summed E-state index contributed by atoms with van der Waals surface area (Å²) in [5.41, 5.74) is 4.79. The number of rotatable bonds is 10. The molecule has 0 bridgehead atoms. The second-order valence-electron chi connectivity index (χ2n) is 10.2. The molecule has 2 amide bonds. The van der Waals surface area contributed by atoms with Gasteiger partial charge in [-0.25, -0.2) is 8.42 Å². The number of amides is 2. The molecule has 228 valence electrons. The molecule has 0 fully saturated rings. The fourth-order valence-electron chi connectivity index (χ4n) is 4.47. The molecule has 2 aromatic heterocycles. The summed E-state index contributed by atoms with van der Waals surface area (Å²) in [6, 6.07) is 5.58. The molecular weight excluding hydrogens is 597 g/mol. The number of alkyl halides is 3. The number of nitrogens with one attached hydrogen (secondary N) is 2. The van der Waals surface area contributed by atoms with E-state index >= 15 is 0 Å². The van der Waals surface area contributed by atoms with Crippen LogP contribution in [0.25, 0.3) is 0 Å². The topological polar surface area (TPSA) is 149 Å². The zero-order valence-electron chi connectivity index (χ0n) is 23.6. The maximum atomic E-state index is 13.6. The summed E-state index contributed by atoms with van der Waals surface area (Å²) in [6.45, 7) is 7.47. The Bertz CT molecular complexity index is 1610. The van der Waals surface area contributed by atoms with Gasteiger partial charge in [-0.1, -0.05) is 25.4 Å². The highest BCUT2D eigenvalue weighted by Gasteiger charge is 2.41. The smallest absolute Gasteiger partial charge is 0.399 e. The summed E-state index contributed by atoms with van der Waals surface area (Å²) < 4.78 is 65.7. The number of anilines is 2. The van der Waals surface area contributed by atoms with E-state index in [0.717, 1.165) is 4.68 Å². The number of hydrogen-bond donors (Lipinski definition) is 3. The molecule has 1 atom stereocenters. The van der Waals surface area contributed by atoms with Gasteiger partial charge in [-0.2, -0.15) is 18.3 Å². The molecule has 0 saturated heterocycles. The van der Waals surface area contributed by atoms with Gasteiger partial charge in [-0.3, -0.25) is 19.3 Å². The summed E-state index contributed by atoms with van der Waals surface area (Å²) in [5, 5.41) is 8.98. The predicted octanol–water partition coefficient (Wildman–Crippen LogP) is 4.86. The number of sulfone groups is 1. The van der Waals surface area contributed by atoms with Gasteiger partial charge in [0.15, 0.2) is 15.5 Å². The van der Waals surface area contributed by atoms with Gasteiger partial charge in [-0.05, 0) is 57.0 Å². The van der Waals surface area contributed by atoms with E-state index in [1.807, 2.05) is 0 Å². The van der Waals surface area contributed by atoms with Crippen molar-refractivity contribution in [1.82, 2.24) is 20.1 Å². The molecule has 0 aliphatic carbocycles. The van der Waals surface area contributed by atoms with E-state index in [0.29, 0.717) is 11.6 Å². The second-order valence-corrected chi connectivity index (χ2v) is 13.4. The molecule has 10 nitrogen and oxygen atoms in total. The standard InChI is InChI=1S/C27H32ClF3N6O4S/c1-6-21(26(4,5)42(40,41)7-2)34-24(38)17-12-16(32)11-15(3)23(17)35-25(39)20-13-22(27(29,30)31)36-37(20)14-19-18(28)9-8-10-33-19/h8-13,21H,6-7,14,32H2,1-5H3,(H,34,38)(H,35,39). The number of carbonyl (C=O) groups excluding carboxylic acids is 2. The number of carbonyl (C=O) groups is 2. The number of nitrogen functional groups attached to an aromatic ring is 1. The first-order valence-corrected chi connectivity index (χ1v) is 14.9. The zero-order chi connectivity index (χ0) is 31.6. The molecule has 2 heterocycles. The zero-order valence-corrected chi connectivity index (χ0v) is 25.2. The summed E-state index contributed by atoms with van der Waals surface area (Å²) >= 11 is 6.13. The number of nitrogens with zero attached hydrogens (tertiary/aromatic N) is 3. The highest BCUT2D eigenvalue weighted by Crippen LogP contribution is 2.31. The number of nitrogens with two attached hydrogens (primary N) is 1. The van der Waals surface area contributed by atoms with Crippen molar-refractivity contribution in [2.45, 2.75) is 64.5 Å². The summed E-state index contributed by atoms with van der Waals surface area (Å²) in [7, 11) is -3.59. The van der Waals surface area contributed by atoms with Crippen molar-refractivity contribution in [3.05, 3.63) is 69.8 Å². The van der Waals surface area contributed by atoms with Crippen molar-refractivity contribution in [3.8, 4) is 0 Å². The number of pyridine rings is 1. The van der Waals surface area contributed by atoms with Crippen LogP contribution in [-0.4, -0.2) is 51.5 Å². The first kappa shape index (κ1) is 32.9. The van der Waals surface area contributed by atoms with Crippen LogP contribution in [0.2, 0.25) is 5.02 Å². The summed E-state index contributed by atoms with van der Waals surface area (Å²) in [6.07, 6.45) is -3.18. The van der Waals surface area contributed by atoms with Crippen molar-refractivity contribution >= 4 is 44.6 Å². The average Bonchev–Trinajstić information content (AvgIpc) is 3.34. The lowest BCUT2D eigenvalue weighted by Crippen LogP contribution is -2.53. The van der Waals surface area contributed by atoms with Gasteiger partial charge in [0, 0.05) is 29.7 Å². The first-order valence-electron chi connectivity index (χ1n) is 12.9. The monoisotopic (exact) mass is 628 g/mol. The minimum atomic E-state index is -4.85. The minimum Gasteiger partial charge on any atom is -0.399 e. The minimum absolute atomic E-state index is 0.0186. The molecule has 1 unspecified atom stereocenters. The molecule has 0 spiro atoms. The lowest BCUT2D eigenvalue weighted by molar-refractivity contribution is -0.141. The van der Waals surface area contributed by atoms with Crippen LogP contribution in [0.15, 0.2) is 36.5 Å². The molecule has 42 heavy (non-hydrogen) atoms. The van der Waals surface area contributed by atoms with Gasteiger partial charge in [0.1, 0.15) is 5.69 Å². The molecule has 3 aromatic rings. The van der Waals surface area contributed by atoms with E-state index in [4.69, 9.17) is 17.3 Å². The third-order valence-corrected chi connectivity index (χ3v) is 10.0. The number of halogens is 4. The number of aromatic nitrogens is 3. The van der Waals surface area contributed by atoms with Gasteiger partial charge in [-0.15, -0.1) is 0 Å². The Labute approximate surface area is 246 Å². The van der Waals surface area contributed by atoms with Crippen molar-refractivity contribution in [1.29, 1.82) is 0 Å². The molecule has 15 heteroatoms. The van der Waals surface area contributed by atoms with Crippen molar-refractivity contribution in [3.63, 3.8) is 0 Å². The van der Waals surface area contributed by atoms with E-state index in [1.165, 1.54) is 45.2 Å². The maximum absolute atomic E-state index is 13.6. The molecule has 1 aromatic carbocycles. The van der Waals surface area contributed by atoms with E-state index in [1.54, 1.807) is 19.9 Å². The third-order valence-electron chi connectivity index (χ3n) is 7.01. The normalized spacial score (nSPS) is 13.1. The Balaban J connectivity index is 2.02. The highest BCUT2D eigenvalue weighted by molar-refractivity contribution is 7.92. The molecule has 3 rings (SSSR count). The molecule has 0 aliphatic rings. The second kappa shape index (κ2) is 12.3. The Morgan fingerprint density at radius 2 is 1.81 bits per heavy atom. The quantitative estimate of drug-likeness (QED) is 0.271. The molecular formula is C27H32ClF3N6O4S. The Morgan fingerprint density at radius 1 is 1.14 bits per heavy atom. The van der Waals surface area contributed by atoms with Crippen molar-refractivity contribution in [2.75, 3.05) is 16.8 Å². The number of hydrogen-bond acceptors (Lipinski definition) is 7. The SMILES string of the molecule is CCC(NC(=O)c1cc(N)cc(C)c1NC(=O)c1cc(C(F)(F)F)nn1Cc1ncccc1Cl)C(C)(C)S(=O)(=O)CC. The van der Waals surface area contributed by atoms with E-state index < -0.39 is 50.0 Å². The van der Waals surface area contributed by atoms with Gasteiger partial charge in [0.25, 0.3) is 11.8 Å². The summed E-state index contributed by atoms with van der Waals surface area (Å²) in [4.78, 5) is 31.0. The molecule has 0 radical (unpaired) electrons. The lowest BCUT2D eigenvalue weighted by atomic mass is 9.99. The Hall–Kier alpha value is -3.65. The van der Waals surface area contributed by atoms with Crippen molar-refractivity contribution < 1.29 is 31.2 Å². The van der Waals surface area contributed by atoms with Crippen LogP contribution in [0.3, 0.4) is 0 Å². The van der Waals surface area contributed by atoms with Crippen LogP contribution in [0.5, 0.6) is 0 Å². The highest BCUT2D eigenvalue weighted by atomic mass is 35.5. The Kier molecular flexibility index (Phi) is 9.62. The van der Waals surface area contributed by atoms with Crippen LogP contribution in [0.4, 0.5) is 24.5 Å². The van der Waals surface area contributed by atoms with Crippen LogP contribution in [0, 0.1) is 6.92 Å². The fourth-order valence-corrected chi connectivity index (χ4v) is 6.05. The predicted molar refractivity (Wildman–Crippen MR) is 154 cm³/mol. The van der Waals surface area contributed by atoms with Crippen molar-refractivity contribution in [2.24, 2.45) is 0 Å². The van der Waals surface area contributed by atoms with E-state index in [9.17, 15) is 31.2 Å². The summed E-state index contributed by atoms with van der Waals surface area (Å²) in [5.74, 6) is -1.85. The van der Waals surface area contributed by atoms with Gasteiger partial charge in [0.2, 0.25) is 0 Å². The van der Waals surface area contributed by atoms with E-state index in [-0.39, 0.29) is 46.4 Å². The first-order chi connectivity index (χ1) is 19.4. The average molecular weight is 629 g/mol. The lowest BCUT2D eigenvalue weighted by Gasteiger charge is -2.34. The maximum Gasteiger partial charge on any atom is 0.435 e. The fraction of sp³-hybridized carbons (Fsp3) is 0.407. The Morgan fingerprint density at radius 3 is 2.38 bits per heavy atom. The van der Waals surface area contributed by atoms with Crippen LogP contribution in [0.1, 0.15) is 71.9 Å². The van der Waals surface area contributed by atoms with E-state index in [2.05, 4.69) is 20.7 Å². The number of benzene rings is 1. The van der Waals surface area contributed by atoms with Gasteiger partial charge >= 0.3 is 6.18 Å². The van der Waals surface area contributed by atoms with Crippen LogP contribution in [-0.2, 0) is 22.6 Å². The molecule has 4 N–H and O–H groups in total. The third kappa shape index (κ3) is 6.86.